The van der Waals surface area contributed by atoms with E-state index in [4.69, 9.17) is 22.1 Å². The maximum atomic E-state index is 11.6. The van der Waals surface area contributed by atoms with Gasteiger partial charge in [0.25, 0.3) is 5.91 Å². The molecule has 0 radical (unpaired) electrons. The van der Waals surface area contributed by atoms with E-state index in [1.165, 1.54) is 0 Å². The second-order valence-electron chi connectivity index (χ2n) is 4.23. The van der Waals surface area contributed by atoms with Gasteiger partial charge in [-0.2, -0.15) is 0 Å². The molecule has 0 bridgehead atoms. The Balaban J connectivity index is 2.29. The maximum Gasteiger partial charge on any atom is 0.263 e. The minimum Gasteiger partial charge on any atom is -0.476 e. The summed E-state index contributed by atoms with van der Waals surface area (Å²) in [5, 5.41) is 0.457. The number of benzene rings is 2. The van der Waals surface area contributed by atoms with E-state index < -0.39 is 12.0 Å². The van der Waals surface area contributed by atoms with Crippen LogP contribution in [0, 0.1) is 6.92 Å². The average molecular weight is 276 g/mol. The Kier molecular flexibility index (Phi) is 4.07. The summed E-state index contributed by atoms with van der Waals surface area (Å²) in [6, 6.07) is 14.4. The fourth-order valence-corrected chi connectivity index (χ4v) is 1.95. The van der Waals surface area contributed by atoms with E-state index >= 15 is 0 Å². The number of aryl methyl sites for hydroxylation is 1. The van der Waals surface area contributed by atoms with Crippen molar-refractivity contribution in [2.24, 2.45) is 5.73 Å². The van der Waals surface area contributed by atoms with E-state index in [-0.39, 0.29) is 0 Å². The van der Waals surface area contributed by atoms with E-state index in [1.54, 1.807) is 36.4 Å². The molecule has 0 fully saturated rings. The van der Waals surface area contributed by atoms with Gasteiger partial charge in [-0.25, -0.2) is 0 Å². The molecule has 2 aromatic rings. The van der Waals surface area contributed by atoms with Gasteiger partial charge in [0.15, 0.2) is 0 Å². The monoisotopic (exact) mass is 275 g/mol. The molecule has 0 saturated carbocycles. The first-order valence-corrected chi connectivity index (χ1v) is 6.23. The number of nitrogens with two attached hydrogens (primary N) is 1. The predicted molar refractivity (Wildman–Crippen MR) is 75.2 cm³/mol. The lowest BCUT2D eigenvalue weighted by molar-refractivity contribution is -0.125. The number of primary amides is 1. The molecule has 1 unspecified atom stereocenters. The summed E-state index contributed by atoms with van der Waals surface area (Å²) in [5.41, 5.74) is 7.07. The van der Waals surface area contributed by atoms with Gasteiger partial charge < -0.3 is 10.5 Å². The Labute approximate surface area is 117 Å². The van der Waals surface area contributed by atoms with Crippen molar-refractivity contribution >= 4 is 17.5 Å². The zero-order valence-electron chi connectivity index (χ0n) is 10.5. The van der Waals surface area contributed by atoms with E-state index in [9.17, 15) is 4.79 Å². The summed E-state index contributed by atoms with van der Waals surface area (Å²) < 4.78 is 5.64. The molecule has 0 aliphatic rings. The van der Waals surface area contributed by atoms with Gasteiger partial charge in [0.05, 0.1) is 0 Å². The highest BCUT2D eigenvalue weighted by Crippen LogP contribution is 2.27. The largest absolute Gasteiger partial charge is 0.476 e. The third-order valence-corrected chi connectivity index (χ3v) is 3.07. The molecule has 2 rings (SSSR count). The average Bonchev–Trinajstić information content (AvgIpc) is 2.39. The van der Waals surface area contributed by atoms with Crippen LogP contribution >= 0.6 is 11.6 Å². The van der Waals surface area contributed by atoms with Crippen molar-refractivity contribution < 1.29 is 9.53 Å². The molecular formula is C15H14ClNO2. The summed E-state index contributed by atoms with van der Waals surface area (Å²) in [6.45, 7) is 1.98. The van der Waals surface area contributed by atoms with Crippen molar-refractivity contribution in [1.82, 2.24) is 0 Å². The summed E-state index contributed by atoms with van der Waals surface area (Å²) in [6.07, 6.45) is -0.892. The zero-order valence-corrected chi connectivity index (χ0v) is 11.2. The lowest BCUT2D eigenvalue weighted by atomic mass is 10.1. The minimum atomic E-state index is -0.892. The molecule has 3 nitrogen and oxygen atoms in total. The highest BCUT2D eigenvalue weighted by molar-refractivity contribution is 6.31. The Morgan fingerprint density at radius 3 is 2.37 bits per heavy atom. The molecule has 19 heavy (non-hydrogen) atoms. The molecule has 1 atom stereocenters. The normalized spacial score (nSPS) is 11.9. The summed E-state index contributed by atoms with van der Waals surface area (Å²) >= 11 is 6.07. The first-order valence-electron chi connectivity index (χ1n) is 5.85. The topological polar surface area (TPSA) is 52.3 Å². The van der Waals surface area contributed by atoms with Crippen molar-refractivity contribution in [2.45, 2.75) is 13.0 Å². The van der Waals surface area contributed by atoms with E-state index in [1.807, 2.05) is 19.1 Å². The SMILES string of the molecule is Cc1ccc(OC(C(N)=O)c2ccccc2Cl)cc1. The van der Waals surface area contributed by atoms with Gasteiger partial charge in [0.2, 0.25) is 6.10 Å². The van der Waals surface area contributed by atoms with Gasteiger partial charge in [0, 0.05) is 10.6 Å². The maximum absolute atomic E-state index is 11.6. The number of hydrogen-bond donors (Lipinski definition) is 1. The summed E-state index contributed by atoms with van der Waals surface area (Å²) in [7, 11) is 0. The standard InChI is InChI=1S/C15H14ClNO2/c1-10-6-8-11(9-7-10)19-14(15(17)18)12-4-2-3-5-13(12)16/h2-9,14H,1H3,(H2,17,18). The van der Waals surface area contributed by atoms with Crippen molar-refractivity contribution in [3.05, 3.63) is 64.7 Å². The highest BCUT2D eigenvalue weighted by atomic mass is 35.5. The van der Waals surface area contributed by atoms with Crippen LogP contribution in [-0.2, 0) is 4.79 Å². The van der Waals surface area contributed by atoms with Crippen molar-refractivity contribution in [2.75, 3.05) is 0 Å². The summed E-state index contributed by atoms with van der Waals surface area (Å²) in [4.78, 5) is 11.6. The highest BCUT2D eigenvalue weighted by Gasteiger charge is 2.22. The van der Waals surface area contributed by atoms with Crippen LogP contribution in [-0.4, -0.2) is 5.91 Å². The number of ether oxygens (including phenoxy) is 1. The van der Waals surface area contributed by atoms with Crippen LogP contribution in [0.2, 0.25) is 5.02 Å². The van der Waals surface area contributed by atoms with Crippen molar-refractivity contribution in [1.29, 1.82) is 0 Å². The first-order chi connectivity index (χ1) is 9.08. The van der Waals surface area contributed by atoms with E-state index in [0.29, 0.717) is 16.3 Å². The Morgan fingerprint density at radius 2 is 1.79 bits per heavy atom. The molecule has 0 aliphatic heterocycles. The van der Waals surface area contributed by atoms with E-state index in [0.717, 1.165) is 5.56 Å². The first kappa shape index (κ1) is 13.4. The van der Waals surface area contributed by atoms with Crippen molar-refractivity contribution in [3.8, 4) is 5.75 Å². The fraction of sp³-hybridized carbons (Fsp3) is 0.133. The van der Waals surface area contributed by atoms with Gasteiger partial charge in [-0.05, 0) is 25.1 Å². The molecule has 0 spiro atoms. The lowest BCUT2D eigenvalue weighted by Crippen LogP contribution is -2.26. The zero-order chi connectivity index (χ0) is 13.8. The van der Waals surface area contributed by atoms with Gasteiger partial charge in [0.1, 0.15) is 5.75 Å². The van der Waals surface area contributed by atoms with Gasteiger partial charge in [-0.15, -0.1) is 0 Å². The van der Waals surface area contributed by atoms with Gasteiger partial charge in [-0.3, -0.25) is 4.79 Å². The fourth-order valence-electron chi connectivity index (χ4n) is 1.72. The van der Waals surface area contributed by atoms with E-state index in [2.05, 4.69) is 0 Å². The molecule has 0 aliphatic carbocycles. The molecule has 0 heterocycles. The van der Waals surface area contributed by atoms with Crippen LogP contribution in [0.3, 0.4) is 0 Å². The molecule has 4 heteroatoms. The number of amides is 1. The molecule has 0 saturated heterocycles. The predicted octanol–water partition coefficient (Wildman–Crippen LogP) is 3.25. The molecule has 2 aromatic carbocycles. The van der Waals surface area contributed by atoms with Crippen LogP contribution in [0.1, 0.15) is 17.2 Å². The van der Waals surface area contributed by atoms with Gasteiger partial charge in [-0.1, -0.05) is 47.5 Å². The van der Waals surface area contributed by atoms with Crippen LogP contribution < -0.4 is 10.5 Å². The van der Waals surface area contributed by atoms with Crippen molar-refractivity contribution in [3.63, 3.8) is 0 Å². The second kappa shape index (κ2) is 5.76. The Bertz CT molecular complexity index is 581. The van der Waals surface area contributed by atoms with Crippen LogP contribution in [0.4, 0.5) is 0 Å². The molecule has 2 N–H and O–H groups in total. The second-order valence-corrected chi connectivity index (χ2v) is 4.64. The Hall–Kier alpha value is -2.00. The van der Waals surface area contributed by atoms with Crippen LogP contribution in [0.15, 0.2) is 48.5 Å². The molecule has 1 amide bonds. The molecule has 0 aromatic heterocycles. The third-order valence-electron chi connectivity index (χ3n) is 2.72. The number of halogens is 1. The smallest absolute Gasteiger partial charge is 0.263 e. The Morgan fingerprint density at radius 1 is 1.16 bits per heavy atom. The molecule has 98 valence electrons. The van der Waals surface area contributed by atoms with Gasteiger partial charge >= 0.3 is 0 Å². The number of hydrogen-bond acceptors (Lipinski definition) is 2. The minimum absolute atomic E-state index is 0.457. The number of carbonyl (C=O) groups excluding carboxylic acids is 1. The number of carbonyl (C=O) groups is 1. The summed E-state index contributed by atoms with van der Waals surface area (Å²) in [5.74, 6) is 0.00277. The lowest BCUT2D eigenvalue weighted by Gasteiger charge is -2.17. The van der Waals surface area contributed by atoms with Crippen LogP contribution in [0.5, 0.6) is 5.75 Å². The third kappa shape index (κ3) is 3.26. The number of rotatable bonds is 4. The molecular weight excluding hydrogens is 262 g/mol. The quantitative estimate of drug-likeness (QED) is 0.931. The van der Waals surface area contributed by atoms with Crippen LogP contribution in [0.25, 0.3) is 0 Å².